The highest BCUT2D eigenvalue weighted by molar-refractivity contribution is 5.79. The second-order valence-corrected chi connectivity index (χ2v) is 3.68. The van der Waals surface area contributed by atoms with E-state index in [1.54, 1.807) is 0 Å². The maximum absolute atomic E-state index is 11.7. The summed E-state index contributed by atoms with van der Waals surface area (Å²) in [5, 5.41) is 3.00. The van der Waals surface area contributed by atoms with E-state index in [0.717, 1.165) is 19.4 Å². The molecular weight excluding hydrogens is 176 g/mol. The van der Waals surface area contributed by atoms with Gasteiger partial charge in [-0.25, -0.2) is 0 Å². The average molecular weight is 194 g/mol. The number of rotatable bonds is 5. The van der Waals surface area contributed by atoms with Crippen LogP contribution in [0, 0.1) is 12.3 Å². The van der Waals surface area contributed by atoms with Gasteiger partial charge in [-0.05, 0) is 26.7 Å². The van der Waals surface area contributed by atoms with Gasteiger partial charge in [0.25, 0.3) is 0 Å². The van der Waals surface area contributed by atoms with Crippen LogP contribution in [-0.4, -0.2) is 36.0 Å². The largest absolute Gasteiger partial charge is 0.339 e. The Labute approximate surface area is 85.9 Å². The summed E-state index contributed by atoms with van der Waals surface area (Å²) >= 11 is 0. The van der Waals surface area contributed by atoms with Crippen molar-refractivity contribution in [2.75, 3.05) is 13.1 Å². The van der Waals surface area contributed by atoms with Crippen LogP contribution in [0.2, 0.25) is 0 Å². The fourth-order valence-corrected chi connectivity index (χ4v) is 1.43. The van der Waals surface area contributed by atoms with Crippen molar-refractivity contribution in [3.63, 3.8) is 0 Å². The van der Waals surface area contributed by atoms with Gasteiger partial charge in [0.2, 0.25) is 5.91 Å². The van der Waals surface area contributed by atoms with Gasteiger partial charge < -0.3 is 4.90 Å². The third-order valence-corrected chi connectivity index (χ3v) is 2.46. The maximum Gasteiger partial charge on any atom is 0.236 e. The number of hydrogen-bond donors (Lipinski definition) is 1. The van der Waals surface area contributed by atoms with Crippen LogP contribution >= 0.6 is 0 Å². The Morgan fingerprint density at radius 2 is 2.36 bits per heavy atom. The molecule has 0 aliphatic heterocycles. The minimum absolute atomic E-state index is 0.0307. The molecule has 78 valence electrons. The van der Waals surface area contributed by atoms with Crippen LogP contribution < -0.4 is 5.32 Å². The van der Waals surface area contributed by atoms with Gasteiger partial charge in [-0.2, -0.15) is 0 Å². The molecule has 14 heavy (non-hydrogen) atoms. The lowest BCUT2D eigenvalue weighted by atomic mass is 10.3. The molecule has 0 bridgehead atoms. The van der Waals surface area contributed by atoms with Crippen LogP contribution in [0.5, 0.6) is 0 Å². The van der Waals surface area contributed by atoms with Crippen molar-refractivity contribution in [2.24, 2.45) is 0 Å². The van der Waals surface area contributed by atoms with Crippen LogP contribution in [0.3, 0.4) is 0 Å². The molecule has 0 aromatic carbocycles. The Morgan fingerprint density at radius 1 is 1.71 bits per heavy atom. The molecule has 0 aromatic rings. The molecule has 0 aromatic heterocycles. The molecule has 1 N–H and O–H groups in total. The summed E-state index contributed by atoms with van der Waals surface area (Å²) in [6.07, 6.45) is 7.52. The third kappa shape index (κ3) is 3.04. The van der Waals surface area contributed by atoms with E-state index >= 15 is 0 Å². The fraction of sp³-hybridized carbons (Fsp3) is 0.727. The summed E-state index contributed by atoms with van der Waals surface area (Å²) in [6, 6.07) is 0.465. The Kier molecular flexibility index (Phi) is 3.97. The first-order valence-electron chi connectivity index (χ1n) is 5.18. The highest BCUT2D eigenvalue weighted by atomic mass is 16.2. The smallest absolute Gasteiger partial charge is 0.236 e. The zero-order valence-corrected chi connectivity index (χ0v) is 8.92. The predicted molar refractivity (Wildman–Crippen MR) is 56.7 cm³/mol. The number of hydrogen-bond acceptors (Lipinski definition) is 2. The van der Waals surface area contributed by atoms with Gasteiger partial charge in [0.1, 0.15) is 0 Å². The Balaban J connectivity index is 2.29. The lowest BCUT2D eigenvalue weighted by molar-refractivity contribution is -0.130. The third-order valence-electron chi connectivity index (χ3n) is 2.46. The van der Waals surface area contributed by atoms with Gasteiger partial charge in [0, 0.05) is 12.6 Å². The predicted octanol–water partition coefficient (Wildman–Crippen LogP) is 0.609. The SMILES string of the molecule is C#CC(C)NCC(=O)N(CC)C1CC1. The van der Waals surface area contributed by atoms with Crippen LogP contribution in [0.1, 0.15) is 26.7 Å². The molecule has 0 heterocycles. The summed E-state index contributed by atoms with van der Waals surface area (Å²) in [7, 11) is 0. The van der Waals surface area contributed by atoms with Gasteiger partial charge in [-0.3, -0.25) is 10.1 Å². The quantitative estimate of drug-likeness (QED) is 0.650. The number of amides is 1. The number of carbonyl (C=O) groups is 1. The van der Waals surface area contributed by atoms with Crippen molar-refractivity contribution in [3.8, 4) is 12.3 Å². The van der Waals surface area contributed by atoms with Crippen molar-refractivity contribution < 1.29 is 4.79 Å². The maximum atomic E-state index is 11.7. The van der Waals surface area contributed by atoms with Crippen molar-refractivity contribution in [2.45, 2.75) is 38.8 Å². The molecule has 0 saturated heterocycles. The number of nitrogens with one attached hydrogen (secondary N) is 1. The number of nitrogens with zero attached hydrogens (tertiary/aromatic N) is 1. The van der Waals surface area contributed by atoms with E-state index < -0.39 is 0 Å². The lowest BCUT2D eigenvalue weighted by Gasteiger charge is -2.21. The first-order chi connectivity index (χ1) is 6.69. The van der Waals surface area contributed by atoms with Gasteiger partial charge in [0.15, 0.2) is 0 Å². The van der Waals surface area contributed by atoms with Crippen LogP contribution in [0.15, 0.2) is 0 Å². The molecule has 1 amide bonds. The van der Waals surface area contributed by atoms with Crippen LogP contribution in [-0.2, 0) is 4.79 Å². The summed E-state index contributed by atoms with van der Waals surface area (Å²) < 4.78 is 0. The molecular formula is C11H18N2O. The van der Waals surface area contributed by atoms with E-state index in [1.807, 2.05) is 18.7 Å². The van der Waals surface area contributed by atoms with Crippen LogP contribution in [0.4, 0.5) is 0 Å². The van der Waals surface area contributed by atoms with Gasteiger partial charge in [-0.15, -0.1) is 6.42 Å². The molecule has 1 aliphatic carbocycles. The minimum Gasteiger partial charge on any atom is -0.339 e. The molecule has 3 heteroatoms. The van der Waals surface area contributed by atoms with Crippen LogP contribution in [0.25, 0.3) is 0 Å². The van der Waals surface area contributed by atoms with E-state index in [9.17, 15) is 4.79 Å². The molecule has 0 spiro atoms. The molecule has 1 atom stereocenters. The monoisotopic (exact) mass is 194 g/mol. The lowest BCUT2D eigenvalue weighted by Crippen LogP contribution is -2.41. The van der Waals surface area contributed by atoms with Gasteiger partial charge >= 0.3 is 0 Å². The first-order valence-corrected chi connectivity index (χ1v) is 5.18. The summed E-state index contributed by atoms with van der Waals surface area (Å²) in [5.74, 6) is 2.70. The molecule has 1 saturated carbocycles. The van der Waals surface area contributed by atoms with E-state index in [1.165, 1.54) is 0 Å². The van der Waals surface area contributed by atoms with Gasteiger partial charge in [0.05, 0.1) is 12.6 Å². The summed E-state index contributed by atoms with van der Waals surface area (Å²) in [6.45, 7) is 5.05. The average Bonchev–Trinajstić information content (AvgIpc) is 2.99. The number of terminal acetylenes is 1. The molecule has 1 rings (SSSR count). The Bertz CT molecular complexity index is 240. The number of likely N-dealkylation sites (N-methyl/N-ethyl adjacent to an activating group) is 1. The van der Waals surface area contributed by atoms with E-state index in [2.05, 4.69) is 11.2 Å². The van der Waals surface area contributed by atoms with E-state index in [-0.39, 0.29) is 11.9 Å². The van der Waals surface area contributed by atoms with E-state index in [4.69, 9.17) is 6.42 Å². The highest BCUT2D eigenvalue weighted by Gasteiger charge is 2.30. The normalized spacial score (nSPS) is 17.2. The highest BCUT2D eigenvalue weighted by Crippen LogP contribution is 2.26. The van der Waals surface area contributed by atoms with Crippen molar-refractivity contribution in [3.05, 3.63) is 0 Å². The number of carbonyl (C=O) groups excluding carboxylic acids is 1. The molecule has 1 fully saturated rings. The molecule has 0 radical (unpaired) electrons. The van der Waals surface area contributed by atoms with E-state index in [0.29, 0.717) is 12.6 Å². The second kappa shape index (κ2) is 5.02. The molecule has 3 nitrogen and oxygen atoms in total. The zero-order valence-electron chi connectivity index (χ0n) is 8.92. The topological polar surface area (TPSA) is 32.3 Å². The van der Waals surface area contributed by atoms with Crippen molar-refractivity contribution in [1.82, 2.24) is 10.2 Å². The zero-order chi connectivity index (χ0) is 10.6. The molecule has 1 unspecified atom stereocenters. The summed E-state index contributed by atoms with van der Waals surface area (Å²) in [4.78, 5) is 13.6. The van der Waals surface area contributed by atoms with Gasteiger partial charge in [-0.1, -0.05) is 5.92 Å². The fourth-order valence-electron chi connectivity index (χ4n) is 1.43. The second-order valence-electron chi connectivity index (χ2n) is 3.68. The Hall–Kier alpha value is -1.01. The Morgan fingerprint density at radius 3 is 2.79 bits per heavy atom. The minimum atomic E-state index is -0.0307. The summed E-state index contributed by atoms with van der Waals surface area (Å²) in [5.41, 5.74) is 0. The van der Waals surface area contributed by atoms with Crippen molar-refractivity contribution in [1.29, 1.82) is 0 Å². The molecule has 1 aliphatic rings. The standard InChI is InChI=1S/C11H18N2O/c1-4-9(3)12-8-11(14)13(5-2)10-6-7-10/h1,9-10,12H,5-8H2,2-3H3. The first kappa shape index (κ1) is 11.1. The van der Waals surface area contributed by atoms with Crippen molar-refractivity contribution >= 4 is 5.91 Å².